The molecule has 104 valence electrons. The molecule has 7 nitrogen and oxygen atoms in total. The summed E-state index contributed by atoms with van der Waals surface area (Å²) in [5.41, 5.74) is -0.551. The van der Waals surface area contributed by atoms with Crippen LogP contribution < -0.4 is 10.9 Å². The first-order chi connectivity index (χ1) is 8.64. The van der Waals surface area contributed by atoms with Gasteiger partial charge in [0.1, 0.15) is 5.56 Å². The van der Waals surface area contributed by atoms with E-state index in [0.29, 0.717) is 11.3 Å². The molecule has 1 amide bonds. The number of nitrogens with one attached hydrogen (secondary N) is 2. The Hall–Kier alpha value is -2.18. The summed E-state index contributed by atoms with van der Waals surface area (Å²) in [5, 5.41) is 17.3. The predicted molar refractivity (Wildman–Crippen MR) is 68.1 cm³/mol. The highest BCUT2D eigenvalue weighted by Gasteiger charge is 2.26. The van der Waals surface area contributed by atoms with E-state index in [1.807, 2.05) is 0 Å². The lowest BCUT2D eigenvalue weighted by Crippen LogP contribution is -2.46. The van der Waals surface area contributed by atoms with Gasteiger partial charge < -0.3 is 10.4 Å². The van der Waals surface area contributed by atoms with Gasteiger partial charge in [0, 0.05) is 5.54 Å². The quantitative estimate of drug-likeness (QED) is 0.729. The molecule has 0 atom stereocenters. The van der Waals surface area contributed by atoms with Crippen LogP contribution in [0.4, 0.5) is 0 Å². The molecule has 0 aliphatic carbocycles. The summed E-state index contributed by atoms with van der Waals surface area (Å²) in [6.45, 7) is 6.45. The van der Waals surface area contributed by atoms with E-state index < -0.39 is 23.0 Å². The van der Waals surface area contributed by atoms with E-state index in [1.54, 1.807) is 27.7 Å². The largest absolute Gasteiger partial charge is 0.481 e. The molecule has 1 aromatic rings. The molecule has 1 aromatic heterocycles. The van der Waals surface area contributed by atoms with Crippen molar-refractivity contribution in [2.45, 2.75) is 39.7 Å². The highest BCUT2D eigenvalue weighted by atomic mass is 16.4. The summed E-state index contributed by atoms with van der Waals surface area (Å²) >= 11 is 0. The average molecular weight is 267 g/mol. The third-order valence-electron chi connectivity index (χ3n) is 2.74. The fourth-order valence-electron chi connectivity index (χ4n) is 1.69. The molecule has 0 unspecified atom stereocenters. The number of amides is 1. The highest BCUT2D eigenvalue weighted by Crippen LogP contribution is 2.11. The van der Waals surface area contributed by atoms with E-state index in [4.69, 9.17) is 5.11 Å². The van der Waals surface area contributed by atoms with Crippen LogP contribution in [0.15, 0.2) is 4.79 Å². The summed E-state index contributed by atoms with van der Waals surface area (Å²) in [6, 6.07) is 0. The molecular formula is C12H17N3O4. The number of carboxylic acid groups (broad SMARTS) is 1. The Morgan fingerprint density at radius 3 is 2.47 bits per heavy atom. The number of aromatic nitrogens is 2. The number of H-pyrrole nitrogens is 1. The van der Waals surface area contributed by atoms with Crippen molar-refractivity contribution < 1.29 is 14.7 Å². The van der Waals surface area contributed by atoms with Gasteiger partial charge in [-0.15, -0.1) is 0 Å². The lowest BCUT2D eigenvalue weighted by atomic mass is 9.99. The molecule has 1 rings (SSSR count). The van der Waals surface area contributed by atoms with E-state index >= 15 is 0 Å². The Morgan fingerprint density at radius 1 is 1.37 bits per heavy atom. The summed E-state index contributed by atoms with van der Waals surface area (Å²) in [7, 11) is 0. The standard InChI is InChI=1S/C12H17N3O4/c1-6-7(2)14-15-11(19)9(6)10(18)13-12(3,4)5-8(16)17/h5H2,1-4H3,(H,13,18)(H,15,19)(H,16,17). The minimum atomic E-state index is -1.03. The molecule has 7 heteroatoms. The van der Waals surface area contributed by atoms with E-state index in [2.05, 4.69) is 15.5 Å². The number of carbonyl (C=O) groups excluding carboxylic acids is 1. The maximum Gasteiger partial charge on any atom is 0.305 e. The topological polar surface area (TPSA) is 112 Å². The van der Waals surface area contributed by atoms with Crippen LogP contribution in [0.2, 0.25) is 0 Å². The van der Waals surface area contributed by atoms with Crippen LogP contribution in [0.5, 0.6) is 0 Å². The lowest BCUT2D eigenvalue weighted by molar-refractivity contribution is -0.138. The molecular weight excluding hydrogens is 250 g/mol. The van der Waals surface area contributed by atoms with Crippen molar-refractivity contribution in [2.24, 2.45) is 0 Å². The molecule has 1 heterocycles. The molecule has 19 heavy (non-hydrogen) atoms. The number of carboxylic acids is 1. The van der Waals surface area contributed by atoms with E-state index in [-0.39, 0.29) is 12.0 Å². The van der Waals surface area contributed by atoms with Crippen LogP contribution in [0, 0.1) is 13.8 Å². The maximum atomic E-state index is 12.1. The van der Waals surface area contributed by atoms with E-state index in [1.165, 1.54) is 0 Å². The van der Waals surface area contributed by atoms with Crippen molar-refractivity contribution in [1.82, 2.24) is 15.5 Å². The number of carbonyl (C=O) groups is 2. The Bertz CT molecular complexity index is 575. The molecule has 0 saturated carbocycles. The number of aliphatic carboxylic acids is 1. The monoisotopic (exact) mass is 267 g/mol. The minimum absolute atomic E-state index is 0.0361. The fraction of sp³-hybridized carbons (Fsp3) is 0.500. The van der Waals surface area contributed by atoms with Crippen molar-refractivity contribution in [1.29, 1.82) is 0 Å². The lowest BCUT2D eigenvalue weighted by Gasteiger charge is -2.24. The second-order valence-electron chi connectivity index (χ2n) is 5.05. The van der Waals surface area contributed by atoms with Crippen LogP contribution in [0.3, 0.4) is 0 Å². The smallest absolute Gasteiger partial charge is 0.305 e. The number of hydrogen-bond acceptors (Lipinski definition) is 4. The molecule has 0 bridgehead atoms. The number of aryl methyl sites for hydroxylation is 1. The Kier molecular flexibility index (Phi) is 4.08. The van der Waals surface area contributed by atoms with Crippen LogP contribution in [-0.4, -0.2) is 32.7 Å². The summed E-state index contributed by atoms with van der Waals surface area (Å²) in [4.78, 5) is 34.4. The van der Waals surface area contributed by atoms with Gasteiger partial charge in [0.2, 0.25) is 0 Å². The number of aromatic amines is 1. The molecule has 0 fully saturated rings. The van der Waals surface area contributed by atoms with Gasteiger partial charge in [-0.25, -0.2) is 5.10 Å². The number of rotatable bonds is 4. The van der Waals surface area contributed by atoms with Gasteiger partial charge >= 0.3 is 5.97 Å². The molecule has 0 aromatic carbocycles. The summed E-state index contributed by atoms with van der Waals surface area (Å²) < 4.78 is 0. The van der Waals surface area contributed by atoms with Crippen molar-refractivity contribution >= 4 is 11.9 Å². The van der Waals surface area contributed by atoms with Crippen molar-refractivity contribution in [3.8, 4) is 0 Å². The van der Waals surface area contributed by atoms with Crippen molar-refractivity contribution in [3.63, 3.8) is 0 Å². The first-order valence-electron chi connectivity index (χ1n) is 5.74. The Labute approximate surface area is 110 Å². The summed E-state index contributed by atoms with van der Waals surface area (Å²) in [6.07, 6.45) is -0.236. The molecule has 3 N–H and O–H groups in total. The van der Waals surface area contributed by atoms with Gasteiger partial charge in [0.05, 0.1) is 12.1 Å². The SMILES string of the molecule is Cc1n[nH]c(=O)c(C(=O)NC(C)(C)CC(=O)O)c1C. The van der Waals surface area contributed by atoms with Crippen molar-refractivity contribution in [3.05, 3.63) is 27.2 Å². The van der Waals surface area contributed by atoms with Crippen LogP contribution in [0.25, 0.3) is 0 Å². The second-order valence-corrected chi connectivity index (χ2v) is 5.05. The van der Waals surface area contributed by atoms with Gasteiger partial charge in [0.25, 0.3) is 11.5 Å². The van der Waals surface area contributed by atoms with Crippen LogP contribution >= 0.6 is 0 Å². The maximum absolute atomic E-state index is 12.1. The zero-order valence-corrected chi connectivity index (χ0v) is 11.3. The van der Waals surface area contributed by atoms with Gasteiger partial charge in [-0.05, 0) is 33.3 Å². The van der Waals surface area contributed by atoms with Crippen LogP contribution in [0.1, 0.15) is 41.9 Å². The van der Waals surface area contributed by atoms with Gasteiger partial charge in [-0.1, -0.05) is 0 Å². The summed E-state index contributed by atoms with van der Waals surface area (Å²) in [5.74, 6) is -1.63. The number of hydrogen-bond donors (Lipinski definition) is 3. The number of nitrogens with zero attached hydrogens (tertiary/aromatic N) is 1. The zero-order valence-electron chi connectivity index (χ0n) is 11.3. The molecule has 0 radical (unpaired) electrons. The van der Waals surface area contributed by atoms with Crippen LogP contribution in [-0.2, 0) is 4.79 Å². The van der Waals surface area contributed by atoms with E-state index in [0.717, 1.165) is 0 Å². The predicted octanol–water partition coefficient (Wildman–Crippen LogP) is 0.370. The van der Waals surface area contributed by atoms with Gasteiger partial charge in [-0.2, -0.15) is 5.10 Å². The van der Waals surface area contributed by atoms with Gasteiger partial charge in [-0.3, -0.25) is 14.4 Å². The van der Waals surface area contributed by atoms with Gasteiger partial charge in [0.15, 0.2) is 0 Å². The molecule has 0 aliphatic rings. The third-order valence-corrected chi connectivity index (χ3v) is 2.74. The normalized spacial score (nSPS) is 11.2. The fourth-order valence-corrected chi connectivity index (χ4v) is 1.69. The Morgan fingerprint density at radius 2 is 1.95 bits per heavy atom. The molecule has 0 spiro atoms. The first kappa shape index (κ1) is 14.9. The molecule has 0 aliphatic heterocycles. The van der Waals surface area contributed by atoms with Crippen molar-refractivity contribution in [2.75, 3.05) is 0 Å². The zero-order chi connectivity index (χ0) is 14.8. The minimum Gasteiger partial charge on any atom is -0.481 e. The molecule has 0 saturated heterocycles. The van der Waals surface area contributed by atoms with E-state index in [9.17, 15) is 14.4 Å². The first-order valence-corrected chi connectivity index (χ1v) is 5.74. The third kappa shape index (κ3) is 3.64. The second kappa shape index (κ2) is 5.21. The average Bonchev–Trinajstić information content (AvgIpc) is 2.21. The Balaban J connectivity index is 3.06. The highest BCUT2D eigenvalue weighted by molar-refractivity contribution is 5.96.